The number of hydrogen-bond acceptors (Lipinski definition) is 4. The molecule has 4 nitrogen and oxygen atoms in total. The molecule has 1 saturated carbocycles. The minimum Gasteiger partial charge on any atom is -0.375 e. The summed E-state index contributed by atoms with van der Waals surface area (Å²) in [6.07, 6.45) is 7.30. The van der Waals surface area contributed by atoms with Crippen LogP contribution in [0.1, 0.15) is 48.9 Å². The summed E-state index contributed by atoms with van der Waals surface area (Å²) in [7, 11) is 1.93. The fourth-order valence-corrected chi connectivity index (χ4v) is 3.86. The zero-order valence-electron chi connectivity index (χ0n) is 12.3. The van der Waals surface area contributed by atoms with Gasteiger partial charge in [0.1, 0.15) is 0 Å². The summed E-state index contributed by atoms with van der Waals surface area (Å²) in [5.41, 5.74) is 7.32. The maximum atomic E-state index is 12.7. The second kappa shape index (κ2) is 6.02. The van der Waals surface area contributed by atoms with Crippen molar-refractivity contribution in [1.29, 1.82) is 0 Å². The van der Waals surface area contributed by atoms with Gasteiger partial charge in [0.25, 0.3) is 5.91 Å². The molecule has 112 valence electrons. The third-order valence-electron chi connectivity index (χ3n) is 4.34. The number of benzene rings is 1. The van der Waals surface area contributed by atoms with Crippen LogP contribution >= 0.6 is 11.3 Å². The Morgan fingerprint density at radius 1 is 1.29 bits per heavy atom. The van der Waals surface area contributed by atoms with Crippen molar-refractivity contribution in [2.24, 2.45) is 0 Å². The molecule has 1 aromatic heterocycles. The number of carbonyl (C=O) groups is 1. The van der Waals surface area contributed by atoms with Crippen LogP contribution in [0.15, 0.2) is 18.2 Å². The van der Waals surface area contributed by atoms with Gasteiger partial charge in [-0.05, 0) is 31.0 Å². The first-order valence-corrected chi connectivity index (χ1v) is 8.40. The van der Waals surface area contributed by atoms with Crippen LogP contribution in [-0.4, -0.2) is 28.9 Å². The van der Waals surface area contributed by atoms with Crippen molar-refractivity contribution >= 4 is 32.6 Å². The Morgan fingerprint density at radius 2 is 2.00 bits per heavy atom. The molecule has 0 unspecified atom stereocenters. The molecule has 1 amide bonds. The van der Waals surface area contributed by atoms with Crippen LogP contribution in [0.2, 0.25) is 0 Å². The molecular weight excluding hydrogens is 282 g/mol. The van der Waals surface area contributed by atoms with Crippen LogP contribution < -0.4 is 5.73 Å². The third kappa shape index (κ3) is 3.02. The van der Waals surface area contributed by atoms with E-state index in [2.05, 4.69) is 4.98 Å². The second-order valence-corrected chi connectivity index (χ2v) is 6.86. The summed E-state index contributed by atoms with van der Waals surface area (Å²) >= 11 is 1.43. The Morgan fingerprint density at radius 3 is 2.71 bits per heavy atom. The van der Waals surface area contributed by atoms with Crippen molar-refractivity contribution in [2.45, 2.75) is 44.6 Å². The van der Waals surface area contributed by atoms with Gasteiger partial charge in [-0.25, -0.2) is 4.98 Å². The van der Waals surface area contributed by atoms with Crippen LogP contribution in [0.3, 0.4) is 0 Å². The molecular formula is C16H21N3OS. The van der Waals surface area contributed by atoms with E-state index in [4.69, 9.17) is 5.73 Å². The number of nitrogen functional groups attached to an aromatic ring is 1. The number of nitrogens with zero attached hydrogens (tertiary/aromatic N) is 2. The van der Waals surface area contributed by atoms with Gasteiger partial charge in [0.05, 0.1) is 10.2 Å². The summed E-state index contributed by atoms with van der Waals surface area (Å²) in [5, 5.41) is 0.548. The number of nitrogens with two attached hydrogens (primary N) is 1. The van der Waals surface area contributed by atoms with E-state index in [0.717, 1.165) is 28.6 Å². The van der Waals surface area contributed by atoms with E-state index >= 15 is 0 Å². The molecule has 0 saturated heterocycles. The Hall–Kier alpha value is -1.62. The highest BCUT2D eigenvalue weighted by molar-refractivity contribution is 7.22. The summed E-state index contributed by atoms with van der Waals surface area (Å²) < 4.78 is 0.979. The highest BCUT2D eigenvalue weighted by atomic mass is 32.1. The number of fused-ring (bicyclic) bond motifs is 1. The van der Waals surface area contributed by atoms with Gasteiger partial charge >= 0.3 is 0 Å². The number of thiazole rings is 1. The zero-order chi connectivity index (χ0) is 14.8. The molecule has 1 fully saturated rings. The molecule has 5 heteroatoms. The number of hydrogen-bond donors (Lipinski definition) is 1. The van der Waals surface area contributed by atoms with Crippen molar-refractivity contribution in [3.63, 3.8) is 0 Å². The van der Waals surface area contributed by atoms with Gasteiger partial charge in [-0.1, -0.05) is 37.0 Å². The highest BCUT2D eigenvalue weighted by Gasteiger charge is 2.22. The Balaban J connectivity index is 1.81. The molecule has 0 bridgehead atoms. The minimum absolute atomic E-state index is 0.107. The van der Waals surface area contributed by atoms with Gasteiger partial charge in [-0.3, -0.25) is 4.79 Å². The standard InChI is InChI=1S/C16H21N3OS/c1-19(12-6-4-2-3-5-7-12)15(20)11-8-9-13-14(10-11)21-16(17)18-13/h8-10,12H,2-7H2,1H3,(H2,17,18). The maximum Gasteiger partial charge on any atom is 0.253 e. The number of aromatic nitrogens is 1. The van der Waals surface area contributed by atoms with E-state index in [9.17, 15) is 4.79 Å². The fourth-order valence-electron chi connectivity index (χ4n) is 3.09. The highest BCUT2D eigenvalue weighted by Crippen LogP contribution is 2.26. The zero-order valence-corrected chi connectivity index (χ0v) is 13.2. The van der Waals surface area contributed by atoms with Crippen LogP contribution in [-0.2, 0) is 0 Å². The summed E-state index contributed by atoms with van der Waals surface area (Å²) in [4.78, 5) is 18.8. The van der Waals surface area contributed by atoms with Gasteiger partial charge in [0.15, 0.2) is 5.13 Å². The van der Waals surface area contributed by atoms with Gasteiger partial charge < -0.3 is 10.6 Å². The Bertz CT molecular complexity index is 644. The fraction of sp³-hybridized carbons (Fsp3) is 0.500. The normalized spacial score (nSPS) is 16.8. The largest absolute Gasteiger partial charge is 0.375 e. The quantitative estimate of drug-likeness (QED) is 0.861. The van der Waals surface area contributed by atoms with Gasteiger partial charge in [-0.2, -0.15) is 0 Å². The lowest BCUT2D eigenvalue weighted by molar-refractivity contribution is 0.0718. The average Bonchev–Trinajstić information content (AvgIpc) is 2.68. The van der Waals surface area contributed by atoms with E-state index in [1.54, 1.807) is 0 Å². The molecule has 1 aliphatic carbocycles. The molecule has 1 aliphatic rings. The first-order chi connectivity index (χ1) is 10.1. The van der Waals surface area contributed by atoms with Crippen molar-refractivity contribution in [2.75, 3.05) is 12.8 Å². The molecule has 1 heterocycles. The number of amides is 1. The predicted molar refractivity (Wildman–Crippen MR) is 87.6 cm³/mol. The van der Waals surface area contributed by atoms with Crippen LogP contribution in [0.25, 0.3) is 10.2 Å². The van der Waals surface area contributed by atoms with Crippen LogP contribution in [0.4, 0.5) is 5.13 Å². The summed E-state index contributed by atoms with van der Waals surface area (Å²) in [5.74, 6) is 0.107. The molecule has 2 aromatic rings. The van der Waals surface area contributed by atoms with Crippen molar-refractivity contribution in [3.8, 4) is 0 Å². The lowest BCUT2D eigenvalue weighted by Gasteiger charge is -2.27. The maximum absolute atomic E-state index is 12.7. The summed E-state index contributed by atoms with van der Waals surface area (Å²) in [6.45, 7) is 0. The minimum atomic E-state index is 0.107. The Labute approximate surface area is 129 Å². The second-order valence-electron chi connectivity index (χ2n) is 5.80. The predicted octanol–water partition coefficient (Wildman–Crippen LogP) is 3.67. The van der Waals surface area contributed by atoms with Crippen molar-refractivity contribution in [1.82, 2.24) is 9.88 Å². The van der Waals surface area contributed by atoms with Gasteiger partial charge in [0, 0.05) is 18.7 Å². The molecule has 0 aliphatic heterocycles. The summed E-state index contributed by atoms with van der Waals surface area (Å²) in [6, 6.07) is 6.04. The molecule has 3 rings (SSSR count). The number of rotatable bonds is 2. The number of carbonyl (C=O) groups excluding carboxylic acids is 1. The molecule has 2 N–H and O–H groups in total. The average molecular weight is 303 g/mol. The molecule has 21 heavy (non-hydrogen) atoms. The SMILES string of the molecule is CN(C(=O)c1ccc2nc(N)sc2c1)C1CCCCCC1. The van der Waals surface area contributed by atoms with Crippen molar-refractivity contribution < 1.29 is 4.79 Å². The van der Waals surface area contributed by atoms with E-state index < -0.39 is 0 Å². The van der Waals surface area contributed by atoms with E-state index in [1.165, 1.54) is 37.0 Å². The molecule has 1 aromatic carbocycles. The van der Waals surface area contributed by atoms with Gasteiger partial charge in [-0.15, -0.1) is 0 Å². The van der Waals surface area contributed by atoms with E-state index in [0.29, 0.717) is 11.2 Å². The first-order valence-electron chi connectivity index (χ1n) is 7.58. The third-order valence-corrected chi connectivity index (χ3v) is 5.19. The smallest absolute Gasteiger partial charge is 0.253 e. The monoisotopic (exact) mass is 303 g/mol. The molecule has 0 radical (unpaired) electrons. The van der Waals surface area contributed by atoms with E-state index in [1.807, 2.05) is 30.1 Å². The van der Waals surface area contributed by atoms with Crippen molar-refractivity contribution in [3.05, 3.63) is 23.8 Å². The lowest BCUT2D eigenvalue weighted by atomic mass is 10.1. The number of anilines is 1. The van der Waals surface area contributed by atoms with Gasteiger partial charge in [0.2, 0.25) is 0 Å². The first kappa shape index (κ1) is 14.3. The lowest BCUT2D eigenvalue weighted by Crippen LogP contribution is -2.36. The molecule has 0 spiro atoms. The Kier molecular flexibility index (Phi) is 4.10. The van der Waals surface area contributed by atoms with Crippen LogP contribution in [0, 0.1) is 0 Å². The van der Waals surface area contributed by atoms with Crippen LogP contribution in [0.5, 0.6) is 0 Å². The van der Waals surface area contributed by atoms with E-state index in [-0.39, 0.29) is 5.91 Å². The molecule has 0 atom stereocenters. The topological polar surface area (TPSA) is 59.2 Å².